The summed E-state index contributed by atoms with van der Waals surface area (Å²) < 4.78 is 0. The Morgan fingerprint density at radius 3 is 2.76 bits per heavy atom. The van der Waals surface area contributed by atoms with Gasteiger partial charge in [0, 0.05) is 11.6 Å². The molecule has 5 nitrogen and oxygen atoms in total. The lowest BCUT2D eigenvalue weighted by Crippen LogP contribution is -2.50. The van der Waals surface area contributed by atoms with Crippen molar-refractivity contribution in [2.24, 2.45) is 11.8 Å². The monoisotopic (exact) mass is 303 g/mol. The van der Waals surface area contributed by atoms with Crippen LogP contribution in [0.25, 0.3) is 0 Å². The predicted octanol–water partition coefficient (Wildman–Crippen LogP) is 1.47. The molecule has 2 bridgehead atoms. The number of thiocarbonyl (C=S) groups is 1. The molecule has 3 atom stereocenters. The van der Waals surface area contributed by atoms with Crippen LogP contribution in [0.1, 0.15) is 23.2 Å². The number of benzene rings is 1. The van der Waals surface area contributed by atoms with Gasteiger partial charge in [0.2, 0.25) is 0 Å². The molecule has 21 heavy (non-hydrogen) atoms. The summed E-state index contributed by atoms with van der Waals surface area (Å²) >= 11 is 5.19. The van der Waals surface area contributed by atoms with Crippen LogP contribution in [-0.2, 0) is 0 Å². The molecule has 0 aromatic heterocycles. The first-order chi connectivity index (χ1) is 10.1. The molecule has 1 aromatic carbocycles. The normalized spacial score (nSPS) is 25.6. The zero-order valence-corrected chi connectivity index (χ0v) is 12.2. The van der Waals surface area contributed by atoms with Crippen molar-refractivity contribution in [1.29, 1.82) is 0 Å². The number of hydrogen-bond donors (Lipinski definition) is 4. The van der Waals surface area contributed by atoms with E-state index >= 15 is 0 Å². The number of aromatic hydroxyl groups is 1. The van der Waals surface area contributed by atoms with Crippen LogP contribution in [0.4, 0.5) is 0 Å². The molecule has 6 heteroatoms. The molecule has 1 fully saturated rings. The molecular formula is C15H17N3O2S. The maximum Gasteiger partial charge on any atom is 0.269 e. The van der Waals surface area contributed by atoms with Crippen LogP contribution in [0.5, 0.6) is 5.75 Å². The average molecular weight is 303 g/mol. The fourth-order valence-corrected chi connectivity index (χ4v) is 3.19. The van der Waals surface area contributed by atoms with Crippen molar-refractivity contribution >= 4 is 23.2 Å². The highest BCUT2D eigenvalue weighted by molar-refractivity contribution is 7.80. The zero-order chi connectivity index (χ0) is 14.8. The highest BCUT2D eigenvalue weighted by atomic mass is 32.1. The average Bonchev–Trinajstić information content (AvgIpc) is 3.07. The molecule has 1 aromatic rings. The minimum absolute atomic E-state index is 0.0529. The van der Waals surface area contributed by atoms with Crippen molar-refractivity contribution in [3.63, 3.8) is 0 Å². The smallest absolute Gasteiger partial charge is 0.269 e. The van der Waals surface area contributed by atoms with E-state index in [0.29, 0.717) is 28.6 Å². The van der Waals surface area contributed by atoms with Gasteiger partial charge in [0.15, 0.2) is 5.11 Å². The van der Waals surface area contributed by atoms with Crippen molar-refractivity contribution in [2.45, 2.75) is 18.9 Å². The SMILES string of the molecule is O=C(NNC(=S)NC1CC2C=CC1C2)c1cccc(O)c1. The molecular weight excluding hydrogens is 286 g/mol. The number of amides is 1. The number of phenols is 1. The highest BCUT2D eigenvalue weighted by Gasteiger charge is 2.35. The van der Waals surface area contributed by atoms with E-state index in [1.807, 2.05) is 0 Å². The van der Waals surface area contributed by atoms with Crippen molar-refractivity contribution in [2.75, 3.05) is 0 Å². The second-order valence-corrected chi connectivity index (χ2v) is 5.90. The van der Waals surface area contributed by atoms with Gasteiger partial charge in [-0.3, -0.25) is 15.6 Å². The molecule has 0 saturated heterocycles. The summed E-state index contributed by atoms with van der Waals surface area (Å²) in [4.78, 5) is 11.9. The van der Waals surface area contributed by atoms with E-state index < -0.39 is 0 Å². The van der Waals surface area contributed by atoms with Gasteiger partial charge in [-0.2, -0.15) is 0 Å². The summed E-state index contributed by atoms with van der Waals surface area (Å²) in [5.41, 5.74) is 5.59. The van der Waals surface area contributed by atoms with Crippen LogP contribution in [0.3, 0.4) is 0 Å². The minimum Gasteiger partial charge on any atom is -0.508 e. The van der Waals surface area contributed by atoms with Crippen LogP contribution in [0, 0.1) is 11.8 Å². The van der Waals surface area contributed by atoms with Gasteiger partial charge >= 0.3 is 0 Å². The van der Waals surface area contributed by atoms with E-state index in [2.05, 4.69) is 28.3 Å². The van der Waals surface area contributed by atoms with Crippen molar-refractivity contribution in [3.05, 3.63) is 42.0 Å². The number of rotatable bonds is 2. The van der Waals surface area contributed by atoms with Crippen LogP contribution < -0.4 is 16.2 Å². The molecule has 0 spiro atoms. The van der Waals surface area contributed by atoms with E-state index in [0.717, 1.165) is 6.42 Å². The van der Waals surface area contributed by atoms with Gasteiger partial charge in [0.1, 0.15) is 5.75 Å². The second-order valence-electron chi connectivity index (χ2n) is 5.49. The Hall–Kier alpha value is -2.08. The number of hydrazine groups is 1. The van der Waals surface area contributed by atoms with Gasteiger partial charge in [0.05, 0.1) is 0 Å². The summed E-state index contributed by atoms with van der Waals surface area (Å²) in [7, 11) is 0. The van der Waals surface area contributed by atoms with E-state index in [1.54, 1.807) is 12.1 Å². The summed E-state index contributed by atoms with van der Waals surface area (Å²) in [5, 5.41) is 13.0. The number of carbonyl (C=O) groups excluding carboxylic acids is 1. The van der Waals surface area contributed by atoms with E-state index in [9.17, 15) is 9.90 Å². The summed E-state index contributed by atoms with van der Waals surface area (Å²) in [6.45, 7) is 0. The molecule has 3 rings (SSSR count). The van der Waals surface area contributed by atoms with Crippen LogP contribution in [-0.4, -0.2) is 22.2 Å². The van der Waals surface area contributed by atoms with Gasteiger partial charge in [-0.05, 0) is 55.1 Å². The van der Waals surface area contributed by atoms with Gasteiger partial charge in [-0.25, -0.2) is 0 Å². The first-order valence-corrected chi connectivity index (χ1v) is 7.37. The minimum atomic E-state index is -0.345. The third-order valence-corrected chi connectivity index (χ3v) is 4.21. The molecule has 110 valence electrons. The third kappa shape index (κ3) is 3.16. The Labute approximate surface area is 128 Å². The van der Waals surface area contributed by atoms with E-state index in [1.165, 1.54) is 18.6 Å². The summed E-state index contributed by atoms with van der Waals surface area (Å²) in [5.74, 6) is 0.911. The molecule has 1 saturated carbocycles. The Balaban J connectivity index is 1.47. The zero-order valence-electron chi connectivity index (χ0n) is 11.4. The molecule has 0 aliphatic heterocycles. The fourth-order valence-electron chi connectivity index (χ4n) is 2.98. The molecule has 0 heterocycles. The first kappa shape index (κ1) is 13.9. The molecule has 2 aliphatic rings. The van der Waals surface area contributed by atoms with Gasteiger partial charge in [-0.1, -0.05) is 18.2 Å². The van der Waals surface area contributed by atoms with Crippen molar-refractivity contribution in [3.8, 4) is 5.75 Å². The Kier molecular flexibility index (Phi) is 3.79. The van der Waals surface area contributed by atoms with Crippen molar-refractivity contribution in [1.82, 2.24) is 16.2 Å². The quantitative estimate of drug-likeness (QED) is 0.378. The molecule has 2 aliphatic carbocycles. The topological polar surface area (TPSA) is 73.4 Å². The molecule has 1 amide bonds. The first-order valence-electron chi connectivity index (χ1n) is 6.96. The number of fused-ring (bicyclic) bond motifs is 2. The van der Waals surface area contributed by atoms with Gasteiger partial charge in [0.25, 0.3) is 5.91 Å². The predicted molar refractivity (Wildman–Crippen MR) is 83.6 cm³/mol. The molecule has 4 N–H and O–H groups in total. The largest absolute Gasteiger partial charge is 0.508 e. The lowest BCUT2D eigenvalue weighted by Gasteiger charge is -2.22. The molecule has 0 radical (unpaired) electrons. The maximum absolute atomic E-state index is 11.9. The number of nitrogens with one attached hydrogen (secondary N) is 3. The Morgan fingerprint density at radius 2 is 2.10 bits per heavy atom. The van der Waals surface area contributed by atoms with E-state index in [-0.39, 0.29) is 11.7 Å². The standard InChI is InChI=1S/C15H17N3O2S/c19-12-3-1-2-11(8-12)14(20)17-18-15(21)16-13-7-9-4-5-10(13)6-9/h1-5,8-10,13,19H,6-7H2,(H,17,20)(H2,16,18,21). The summed E-state index contributed by atoms with van der Waals surface area (Å²) in [6, 6.07) is 6.49. The van der Waals surface area contributed by atoms with E-state index in [4.69, 9.17) is 12.2 Å². The fraction of sp³-hybridized carbons (Fsp3) is 0.333. The lowest BCUT2D eigenvalue weighted by atomic mass is 10.0. The number of hydrogen-bond acceptors (Lipinski definition) is 3. The maximum atomic E-state index is 11.9. The van der Waals surface area contributed by atoms with Gasteiger partial charge in [-0.15, -0.1) is 0 Å². The van der Waals surface area contributed by atoms with Crippen LogP contribution in [0.2, 0.25) is 0 Å². The van der Waals surface area contributed by atoms with Crippen LogP contribution >= 0.6 is 12.2 Å². The highest BCUT2D eigenvalue weighted by Crippen LogP contribution is 2.38. The molecule has 3 unspecified atom stereocenters. The lowest BCUT2D eigenvalue weighted by molar-refractivity contribution is 0.0943. The summed E-state index contributed by atoms with van der Waals surface area (Å²) in [6.07, 6.45) is 6.78. The van der Waals surface area contributed by atoms with Crippen LogP contribution in [0.15, 0.2) is 36.4 Å². The number of carbonyl (C=O) groups is 1. The Morgan fingerprint density at radius 1 is 1.24 bits per heavy atom. The number of phenolic OH excluding ortho intramolecular Hbond substituents is 1. The van der Waals surface area contributed by atoms with Crippen molar-refractivity contribution < 1.29 is 9.90 Å². The second kappa shape index (κ2) is 5.73. The number of allylic oxidation sites excluding steroid dienone is 1. The Bertz CT molecular complexity index is 602. The van der Waals surface area contributed by atoms with Gasteiger partial charge < -0.3 is 10.4 Å². The third-order valence-electron chi connectivity index (χ3n) is 3.99.